The van der Waals surface area contributed by atoms with Crippen LogP contribution in [0.4, 0.5) is 5.69 Å². The number of ether oxygens (including phenoxy) is 2. The Hall–Kier alpha value is -2.11. The standard InChI is InChI=1S/C19H20Cl2N2O3/c1-4-7-23-18(11-8-14(21)17(26-3)16(9-11)25-2)22-15-10-12(20)5-6-13(15)19(23)24/h5-6,8-10,18,22H,4,7H2,1-3H3. The van der Waals surface area contributed by atoms with Crippen LogP contribution in [0.15, 0.2) is 30.3 Å². The van der Waals surface area contributed by atoms with Crippen molar-refractivity contribution < 1.29 is 14.3 Å². The van der Waals surface area contributed by atoms with Crippen LogP contribution >= 0.6 is 23.2 Å². The average molecular weight is 395 g/mol. The molecular weight excluding hydrogens is 375 g/mol. The van der Waals surface area contributed by atoms with E-state index in [1.54, 1.807) is 36.3 Å². The SMILES string of the molecule is CCCN1C(=O)c2ccc(Cl)cc2NC1c1cc(Cl)c(OC)c(OC)c1. The molecule has 2 aromatic rings. The summed E-state index contributed by atoms with van der Waals surface area (Å²) >= 11 is 12.5. The number of hydrogen-bond donors (Lipinski definition) is 1. The number of rotatable bonds is 5. The number of fused-ring (bicyclic) bond motifs is 1. The Morgan fingerprint density at radius 2 is 1.92 bits per heavy atom. The highest BCUT2D eigenvalue weighted by atomic mass is 35.5. The van der Waals surface area contributed by atoms with Crippen molar-refractivity contribution >= 4 is 34.8 Å². The Kier molecular flexibility index (Phi) is 5.49. The quantitative estimate of drug-likeness (QED) is 0.775. The zero-order chi connectivity index (χ0) is 18.8. The summed E-state index contributed by atoms with van der Waals surface area (Å²) in [5, 5.41) is 4.39. The molecule has 0 aromatic heterocycles. The topological polar surface area (TPSA) is 50.8 Å². The van der Waals surface area contributed by atoms with E-state index in [2.05, 4.69) is 5.32 Å². The summed E-state index contributed by atoms with van der Waals surface area (Å²) in [5.74, 6) is 0.927. The highest BCUT2D eigenvalue weighted by Crippen LogP contribution is 2.41. The number of benzene rings is 2. The van der Waals surface area contributed by atoms with Crippen molar-refractivity contribution in [2.24, 2.45) is 0 Å². The molecule has 138 valence electrons. The fourth-order valence-electron chi connectivity index (χ4n) is 3.15. The zero-order valence-electron chi connectivity index (χ0n) is 14.8. The maximum absolute atomic E-state index is 13.0. The minimum atomic E-state index is -0.384. The van der Waals surface area contributed by atoms with Gasteiger partial charge in [-0.05, 0) is 36.8 Å². The number of methoxy groups -OCH3 is 2. The average Bonchev–Trinajstić information content (AvgIpc) is 2.63. The van der Waals surface area contributed by atoms with Gasteiger partial charge < -0.3 is 19.7 Å². The molecule has 0 spiro atoms. The molecule has 1 aliphatic rings. The summed E-state index contributed by atoms with van der Waals surface area (Å²) in [6.45, 7) is 2.63. The normalized spacial score (nSPS) is 16.1. The fourth-order valence-corrected chi connectivity index (χ4v) is 3.62. The number of amides is 1. The Balaban J connectivity index is 2.10. The van der Waals surface area contributed by atoms with Gasteiger partial charge in [0.05, 0.1) is 30.5 Å². The van der Waals surface area contributed by atoms with Gasteiger partial charge in [-0.3, -0.25) is 4.79 Å². The van der Waals surface area contributed by atoms with Crippen LogP contribution < -0.4 is 14.8 Å². The van der Waals surface area contributed by atoms with Gasteiger partial charge in [-0.2, -0.15) is 0 Å². The lowest BCUT2D eigenvalue weighted by molar-refractivity contribution is 0.0683. The van der Waals surface area contributed by atoms with Gasteiger partial charge in [-0.15, -0.1) is 0 Å². The third kappa shape index (κ3) is 3.29. The van der Waals surface area contributed by atoms with Crippen molar-refractivity contribution in [2.45, 2.75) is 19.5 Å². The monoisotopic (exact) mass is 394 g/mol. The predicted molar refractivity (Wildman–Crippen MR) is 104 cm³/mol. The summed E-state index contributed by atoms with van der Waals surface area (Å²) < 4.78 is 10.7. The van der Waals surface area contributed by atoms with Gasteiger partial charge in [0, 0.05) is 17.1 Å². The first-order valence-electron chi connectivity index (χ1n) is 8.28. The van der Waals surface area contributed by atoms with Crippen LogP contribution in [0, 0.1) is 0 Å². The number of nitrogens with one attached hydrogen (secondary N) is 1. The molecule has 0 saturated carbocycles. The molecule has 0 aliphatic carbocycles. The van der Waals surface area contributed by atoms with Gasteiger partial charge >= 0.3 is 0 Å². The Morgan fingerprint density at radius 3 is 2.58 bits per heavy atom. The van der Waals surface area contributed by atoms with E-state index >= 15 is 0 Å². The summed E-state index contributed by atoms with van der Waals surface area (Å²) in [6.07, 6.45) is 0.444. The largest absolute Gasteiger partial charge is 0.493 e. The van der Waals surface area contributed by atoms with Crippen LogP contribution in [0.2, 0.25) is 10.0 Å². The van der Waals surface area contributed by atoms with E-state index in [0.717, 1.165) is 12.0 Å². The third-order valence-corrected chi connectivity index (χ3v) is 4.83. The molecule has 5 nitrogen and oxygen atoms in total. The number of carbonyl (C=O) groups excluding carboxylic acids is 1. The molecule has 7 heteroatoms. The molecule has 26 heavy (non-hydrogen) atoms. The molecule has 0 fully saturated rings. The fraction of sp³-hybridized carbons (Fsp3) is 0.316. The van der Waals surface area contributed by atoms with Gasteiger partial charge in [0.15, 0.2) is 11.5 Å². The van der Waals surface area contributed by atoms with Crippen molar-refractivity contribution in [1.82, 2.24) is 4.90 Å². The number of hydrogen-bond acceptors (Lipinski definition) is 4. The van der Waals surface area contributed by atoms with Crippen LogP contribution in [-0.2, 0) is 0 Å². The number of carbonyl (C=O) groups is 1. The molecule has 0 radical (unpaired) electrons. The smallest absolute Gasteiger partial charge is 0.257 e. The van der Waals surface area contributed by atoms with Crippen LogP contribution in [0.3, 0.4) is 0 Å². The van der Waals surface area contributed by atoms with Gasteiger partial charge in [0.25, 0.3) is 5.91 Å². The van der Waals surface area contributed by atoms with Gasteiger partial charge in [0.1, 0.15) is 6.17 Å². The van der Waals surface area contributed by atoms with Crippen LogP contribution in [0.1, 0.15) is 35.4 Å². The Bertz CT molecular complexity index is 842. The van der Waals surface area contributed by atoms with Gasteiger partial charge in [-0.25, -0.2) is 0 Å². The van der Waals surface area contributed by atoms with Crippen LogP contribution in [0.25, 0.3) is 0 Å². The molecule has 1 amide bonds. The number of anilines is 1. The van der Waals surface area contributed by atoms with Crippen molar-refractivity contribution in [2.75, 3.05) is 26.1 Å². The minimum Gasteiger partial charge on any atom is -0.493 e. The van der Waals surface area contributed by atoms with E-state index in [1.807, 2.05) is 13.0 Å². The summed E-state index contributed by atoms with van der Waals surface area (Å²) in [5.41, 5.74) is 2.11. The van der Waals surface area contributed by atoms with Crippen molar-refractivity contribution in [3.8, 4) is 11.5 Å². The van der Waals surface area contributed by atoms with Crippen molar-refractivity contribution in [3.05, 3.63) is 51.5 Å². The third-order valence-electron chi connectivity index (χ3n) is 4.31. The van der Waals surface area contributed by atoms with Crippen LogP contribution in [0.5, 0.6) is 11.5 Å². The van der Waals surface area contributed by atoms with Crippen molar-refractivity contribution in [1.29, 1.82) is 0 Å². The minimum absolute atomic E-state index is 0.0480. The lowest BCUT2D eigenvalue weighted by Crippen LogP contribution is -2.43. The van der Waals surface area contributed by atoms with E-state index in [9.17, 15) is 4.79 Å². The summed E-state index contributed by atoms with van der Waals surface area (Å²) in [6, 6.07) is 8.83. The second-order valence-corrected chi connectivity index (χ2v) is 6.82. The molecule has 1 unspecified atom stereocenters. The Morgan fingerprint density at radius 1 is 1.15 bits per heavy atom. The number of halogens is 2. The first-order chi connectivity index (χ1) is 12.5. The molecule has 1 heterocycles. The second-order valence-electron chi connectivity index (χ2n) is 5.97. The van der Waals surface area contributed by atoms with E-state index in [-0.39, 0.29) is 12.1 Å². The predicted octanol–water partition coefficient (Wildman–Crippen LogP) is 4.99. The summed E-state index contributed by atoms with van der Waals surface area (Å²) in [4.78, 5) is 14.8. The van der Waals surface area contributed by atoms with E-state index < -0.39 is 0 Å². The molecular formula is C19H20Cl2N2O3. The first kappa shape index (κ1) is 18.7. The van der Waals surface area contributed by atoms with E-state index in [4.69, 9.17) is 32.7 Å². The second kappa shape index (κ2) is 7.64. The lowest BCUT2D eigenvalue weighted by atomic mass is 10.0. The Labute approximate surface area is 162 Å². The van der Waals surface area contributed by atoms with Gasteiger partial charge in [0.2, 0.25) is 0 Å². The molecule has 2 aromatic carbocycles. The van der Waals surface area contributed by atoms with Gasteiger partial charge in [-0.1, -0.05) is 30.1 Å². The number of nitrogens with zero attached hydrogens (tertiary/aromatic N) is 1. The van der Waals surface area contributed by atoms with E-state index in [0.29, 0.717) is 39.3 Å². The maximum atomic E-state index is 13.0. The summed E-state index contributed by atoms with van der Waals surface area (Å²) in [7, 11) is 3.09. The molecule has 3 rings (SSSR count). The highest BCUT2D eigenvalue weighted by Gasteiger charge is 2.33. The highest BCUT2D eigenvalue weighted by molar-refractivity contribution is 6.32. The first-order valence-corrected chi connectivity index (χ1v) is 9.04. The molecule has 1 aliphatic heterocycles. The van der Waals surface area contributed by atoms with E-state index in [1.165, 1.54) is 7.11 Å². The molecule has 1 atom stereocenters. The van der Waals surface area contributed by atoms with Crippen LogP contribution in [-0.4, -0.2) is 31.6 Å². The zero-order valence-corrected chi connectivity index (χ0v) is 16.3. The van der Waals surface area contributed by atoms with Crippen molar-refractivity contribution in [3.63, 3.8) is 0 Å². The molecule has 0 bridgehead atoms. The maximum Gasteiger partial charge on any atom is 0.257 e. The lowest BCUT2D eigenvalue weighted by Gasteiger charge is -2.38. The molecule has 0 saturated heterocycles. The molecule has 1 N–H and O–H groups in total.